The molecule has 0 fully saturated rings. The van der Waals surface area contributed by atoms with Gasteiger partial charge >= 0.3 is 11.9 Å². The summed E-state index contributed by atoms with van der Waals surface area (Å²) in [6, 6.07) is 16.1. The van der Waals surface area contributed by atoms with E-state index in [0.717, 1.165) is 5.56 Å². The van der Waals surface area contributed by atoms with Gasteiger partial charge in [-0.15, -0.1) is 0 Å². The number of anilines is 1. The monoisotopic (exact) mass is 731 g/mol. The molecule has 0 aliphatic rings. The number of nitriles is 2. The Bertz CT molecular complexity index is 1920. The van der Waals surface area contributed by atoms with Crippen molar-refractivity contribution in [3.63, 3.8) is 0 Å². The number of carbonyl (C=O) groups excluding carboxylic acids is 2. The molecule has 2 heterocycles. The van der Waals surface area contributed by atoms with Crippen LogP contribution in [0.4, 0.5) is 5.82 Å². The van der Waals surface area contributed by atoms with Gasteiger partial charge in [0.25, 0.3) is 0 Å². The van der Waals surface area contributed by atoms with Gasteiger partial charge in [0.05, 0.1) is 11.3 Å². The number of nitrogen functional groups attached to an aromatic ring is 1. The van der Waals surface area contributed by atoms with Gasteiger partial charge in [-0.2, -0.15) is 10.5 Å². The number of benzene rings is 2. The molecule has 0 spiro atoms. The molecule has 0 bridgehead atoms. The van der Waals surface area contributed by atoms with E-state index in [9.17, 15) is 20.1 Å². The summed E-state index contributed by atoms with van der Waals surface area (Å²) in [6.45, 7) is 6.67. The van der Waals surface area contributed by atoms with E-state index in [1.807, 2.05) is 0 Å². The van der Waals surface area contributed by atoms with Crippen molar-refractivity contribution < 1.29 is 28.2 Å². The van der Waals surface area contributed by atoms with Crippen LogP contribution >= 0.6 is 23.4 Å². The Hall–Kier alpha value is -5.12. The second-order valence-corrected chi connectivity index (χ2v) is 13.6. The largest absolute Gasteiger partial charge is 0.490 e. The Morgan fingerprint density at radius 1 is 0.882 bits per heavy atom. The fourth-order valence-electron chi connectivity index (χ4n) is 4.51. The van der Waals surface area contributed by atoms with Crippen LogP contribution in [0.15, 0.2) is 64.2 Å². The maximum atomic E-state index is 12.6. The SMILES string of the molecule is CC(C)[C@H](N)C(=O)OC[C@H](COc1ccc(-c2c(C#N)c(N)nc(SCc3coc(-c4ccc(Cl)cc4)n3)c2C#N)cc1)OC(=O)[C@@H](N)C(C)C. The van der Waals surface area contributed by atoms with Crippen molar-refractivity contribution in [2.75, 3.05) is 18.9 Å². The summed E-state index contributed by atoms with van der Waals surface area (Å²) in [5.74, 6) is -0.582. The van der Waals surface area contributed by atoms with Gasteiger partial charge in [-0.25, -0.2) is 9.97 Å². The molecule has 0 unspecified atom stereocenters. The average Bonchev–Trinajstić information content (AvgIpc) is 3.60. The lowest BCUT2D eigenvalue weighted by Crippen LogP contribution is -2.43. The fraction of sp³-hybridized carbons (Fsp3) is 0.333. The molecule has 0 amide bonds. The lowest BCUT2D eigenvalue weighted by Gasteiger charge is -2.23. The van der Waals surface area contributed by atoms with Crippen LogP contribution in [0.25, 0.3) is 22.6 Å². The van der Waals surface area contributed by atoms with E-state index in [1.165, 1.54) is 18.0 Å². The van der Waals surface area contributed by atoms with Crippen molar-refractivity contribution in [2.45, 2.75) is 56.7 Å². The summed E-state index contributed by atoms with van der Waals surface area (Å²) in [6.07, 6.45) is 0.539. The summed E-state index contributed by atoms with van der Waals surface area (Å²) in [7, 11) is 0. The number of oxazole rings is 1. The number of ether oxygens (including phenoxy) is 3. The highest BCUT2D eigenvalue weighted by Crippen LogP contribution is 2.37. The number of thioether (sulfide) groups is 1. The first-order chi connectivity index (χ1) is 24.3. The molecule has 4 rings (SSSR count). The van der Waals surface area contributed by atoms with Gasteiger partial charge in [0.2, 0.25) is 5.89 Å². The zero-order valence-corrected chi connectivity index (χ0v) is 30.0. The smallest absolute Gasteiger partial charge is 0.323 e. The molecular weight excluding hydrogens is 694 g/mol. The van der Waals surface area contributed by atoms with Gasteiger partial charge < -0.3 is 35.8 Å². The number of hydrogen-bond acceptors (Lipinski definition) is 14. The number of carbonyl (C=O) groups is 2. The van der Waals surface area contributed by atoms with Crippen LogP contribution in [0, 0.1) is 34.5 Å². The second-order valence-electron chi connectivity index (χ2n) is 12.2. The van der Waals surface area contributed by atoms with E-state index < -0.39 is 30.1 Å². The molecule has 3 atom stereocenters. The topological polar surface area (TPSA) is 226 Å². The quantitative estimate of drug-likeness (QED) is 0.102. The summed E-state index contributed by atoms with van der Waals surface area (Å²) in [5, 5.41) is 21.1. The van der Waals surface area contributed by atoms with E-state index in [-0.39, 0.29) is 42.0 Å². The zero-order chi connectivity index (χ0) is 37.2. The predicted molar refractivity (Wildman–Crippen MR) is 192 cm³/mol. The Kier molecular flexibility index (Phi) is 13.4. The van der Waals surface area contributed by atoms with E-state index in [2.05, 4.69) is 22.1 Å². The van der Waals surface area contributed by atoms with Crippen molar-refractivity contribution >= 4 is 41.1 Å². The molecule has 13 nitrogen and oxygen atoms in total. The number of nitrogens with zero attached hydrogens (tertiary/aromatic N) is 4. The first-order valence-corrected chi connectivity index (χ1v) is 17.3. The van der Waals surface area contributed by atoms with E-state index >= 15 is 0 Å². The molecule has 51 heavy (non-hydrogen) atoms. The molecular formula is C36H38ClN7O6S. The van der Waals surface area contributed by atoms with Gasteiger partial charge in [0, 0.05) is 21.9 Å². The highest BCUT2D eigenvalue weighted by Gasteiger charge is 2.27. The molecule has 0 aliphatic carbocycles. The molecule has 0 saturated carbocycles. The first-order valence-electron chi connectivity index (χ1n) is 15.9. The lowest BCUT2D eigenvalue weighted by atomic mass is 9.97. The van der Waals surface area contributed by atoms with Crippen LogP contribution in [0.2, 0.25) is 5.02 Å². The summed E-state index contributed by atoms with van der Waals surface area (Å²) in [5.41, 5.74) is 20.5. The molecule has 0 aliphatic heterocycles. The minimum absolute atomic E-state index is 0.0349. The number of aromatic nitrogens is 2. The van der Waals surface area contributed by atoms with E-state index in [0.29, 0.717) is 44.3 Å². The van der Waals surface area contributed by atoms with Gasteiger partial charge in [-0.05, 0) is 53.8 Å². The average molecular weight is 732 g/mol. The highest BCUT2D eigenvalue weighted by atomic mass is 35.5. The lowest BCUT2D eigenvalue weighted by molar-refractivity contribution is -0.163. The number of esters is 2. The van der Waals surface area contributed by atoms with Crippen LogP contribution in [0.3, 0.4) is 0 Å². The van der Waals surface area contributed by atoms with Crippen LogP contribution in [-0.4, -0.2) is 53.3 Å². The third kappa shape index (κ3) is 9.99. The zero-order valence-electron chi connectivity index (χ0n) is 28.5. The van der Waals surface area contributed by atoms with Crippen molar-refractivity contribution in [3.8, 4) is 40.5 Å². The van der Waals surface area contributed by atoms with Crippen molar-refractivity contribution in [3.05, 3.63) is 76.6 Å². The maximum absolute atomic E-state index is 12.6. The van der Waals surface area contributed by atoms with Crippen molar-refractivity contribution in [1.82, 2.24) is 9.97 Å². The predicted octanol–water partition coefficient (Wildman–Crippen LogP) is 5.48. The molecule has 2 aromatic carbocycles. The van der Waals surface area contributed by atoms with Crippen LogP contribution in [-0.2, 0) is 24.8 Å². The number of hydrogen-bond donors (Lipinski definition) is 3. The Morgan fingerprint density at radius 3 is 2.10 bits per heavy atom. The Morgan fingerprint density at radius 2 is 1.49 bits per heavy atom. The number of rotatable bonds is 15. The number of nitrogens with two attached hydrogens (primary N) is 3. The number of halogens is 1. The van der Waals surface area contributed by atoms with Crippen molar-refractivity contribution in [2.24, 2.45) is 23.3 Å². The van der Waals surface area contributed by atoms with Gasteiger partial charge in [-0.1, -0.05) is 63.2 Å². The number of pyridine rings is 1. The fourth-order valence-corrected chi connectivity index (χ4v) is 5.51. The molecule has 15 heteroatoms. The minimum Gasteiger partial charge on any atom is -0.490 e. The van der Waals surface area contributed by atoms with Gasteiger partial charge in [-0.3, -0.25) is 9.59 Å². The third-order valence-corrected chi connectivity index (χ3v) is 8.93. The molecule has 266 valence electrons. The molecule has 6 N–H and O–H groups in total. The summed E-state index contributed by atoms with van der Waals surface area (Å²) >= 11 is 7.21. The Balaban J connectivity index is 1.51. The first kappa shape index (κ1) is 38.7. The van der Waals surface area contributed by atoms with E-state index in [4.69, 9.17) is 47.4 Å². The Labute approximate surface area is 305 Å². The maximum Gasteiger partial charge on any atom is 0.323 e. The van der Waals surface area contributed by atoms with Crippen LogP contribution in [0.5, 0.6) is 5.75 Å². The third-order valence-electron chi connectivity index (χ3n) is 7.67. The van der Waals surface area contributed by atoms with Gasteiger partial charge in [0.15, 0.2) is 6.10 Å². The van der Waals surface area contributed by atoms with Crippen LogP contribution < -0.4 is 21.9 Å². The standard InChI is InChI=1S/C36H38ClN7O6S/c1-19(2)30(40)35(45)49-17-26(50-36(46)31(41)20(3)4)16-47-25-11-7-21(8-12-25)29-27(13-38)32(42)44-34(28(29)14-39)51-18-24-15-48-33(43-24)22-5-9-23(37)10-6-22/h5-12,15,19-20,26,30-31H,16-18,40-41H2,1-4H3,(H2,42,44)/t26-,30-,31-/m0/s1. The normalized spacial score (nSPS) is 12.8. The highest BCUT2D eigenvalue weighted by molar-refractivity contribution is 7.98. The summed E-state index contributed by atoms with van der Waals surface area (Å²) < 4.78 is 22.4. The van der Waals surface area contributed by atoms with Gasteiger partial charge in [0.1, 0.15) is 65.9 Å². The molecule has 0 radical (unpaired) electrons. The van der Waals surface area contributed by atoms with Crippen molar-refractivity contribution in [1.29, 1.82) is 10.5 Å². The minimum atomic E-state index is -0.979. The second kappa shape index (κ2) is 17.7. The van der Waals surface area contributed by atoms with Crippen LogP contribution in [0.1, 0.15) is 44.5 Å². The summed E-state index contributed by atoms with van der Waals surface area (Å²) in [4.78, 5) is 33.9. The van der Waals surface area contributed by atoms with E-state index in [1.54, 1.807) is 76.2 Å². The molecule has 2 aromatic heterocycles. The molecule has 0 saturated heterocycles. The molecule has 4 aromatic rings.